The molecule has 2 fully saturated rings. The number of nitrogens with zero attached hydrogens (tertiary/aromatic N) is 2. The Labute approximate surface area is 82.2 Å². The SMILES string of the molecule is NC(N)=NC(N)=NC1CC2CCC1O2. The van der Waals surface area contributed by atoms with Crippen LogP contribution in [-0.2, 0) is 4.74 Å². The molecule has 0 aliphatic carbocycles. The summed E-state index contributed by atoms with van der Waals surface area (Å²) in [6.45, 7) is 0. The van der Waals surface area contributed by atoms with Gasteiger partial charge in [-0.1, -0.05) is 0 Å². The summed E-state index contributed by atoms with van der Waals surface area (Å²) in [5.74, 6) is 0.0847. The number of nitrogens with two attached hydrogens (primary N) is 3. The van der Waals surface area contributed by atoms with Crippen molar-refractivity contribution >= 4 is 11.9 Å². The first-order valence-electron chi connectivity index (χ1n) is 4.73. The molecule has 2 rings (SSSR count). The van der Waals surface area contributed by atoms with Crippen LogP contribution in [-0.4, -0.2) is 30.2 Å². The molecule has 3 unspecified atom stereocenters. The number of hydrogen-bond donors (Lipinski definition) is 3. The van der Waals surface area contributed by atoms with Crippen LogP contribution >= 0.6 is 0 Å². The molecular formula is C8H15N5O. The highest BCUT2D eigenvalue weighted by Crippen LogP contribution is 2.36. The van der Waals surface area contributed by atoms with Crippen molar-refractivity contribution in [3.63, 3.8) is 0 Å². The Balaban J connectivity index is 2.00. The molecular weight excluding hydrogens is 182 g/mol. The lowest BCUT2D eigenvalue weighted by Crippen LogP contribution is -2.28. The van der Waals surface area contributed by atoms with Gasteiger partial charge >= 0.3 is 0 Å². The summed E-state index contributed by atoms with van der Waals surface area (Å²) in [5, 5.41) is 0. The molecule has 2 saturated heterocycles. The molecule has 0 amide bonds. The van der Waals surface area contributed by atoms with Gasteiger partial charge in [-0.3, -0.25) is 0 Å². The highest BCUT2D eigenvalue weighted by Gasteiger charge is 2.40. The van der Waals surface area contributed by atoms with Gasteiger partial charge in [0.2, 0.25) is 5.96 Å². The fourth-order valence-electron chi connectivity index (χ4n) is 2.08. The predicted molar refractivity (Wildman–Crippen MR) is 53.7 cm³/mol. The van der Waals surface area contributed by atoms with E-state index in [-0.39, 0.29) is 24.1 Å². The molecule has 2 heterocycles. The Kier molecular flexibility index (Phi) is 2.28. The third-order valence-corrected chi connectivity index (χ3v) is 2.62. The summed E-state index contributed by atoms with van der Waals surface area (Å²) in [7, 11) is 0. The maximum absolute atomic E-state index is 5.62. The van der Waals surface area contributed by atoms with E-state index in [2.05, 4.69) is 9.98 Å². The first-order chi connectivity index (χ1) is 6.65. The highest BCUT2D eigenvalue weighted by molar-refractivity contribution is 5.92. The topological polar surface area (TPSA) is 112 Å². The lowest BCUT2D eigenvalue weighted by atomic mass is 9.96. The summed E-state index contributed by atoms with van der Waals surface area (Å²) in [4.78, 5) is 7.89. The molecule has 14 heavy (non-hydrogen) atoms. The summed E-state index contributed by atoms with van der Waals surface area (Å²) in [6.07, 6.45) is 3.71. The van der Waals surface area contributed by atoms with Gasteiger partial charge < -0.3 is 21.9 Å². The van der Waals surface area contributed by atoms with Gasteiger partial charge in [-0.2, -0.15) is 4.99 Å². The van der Waals surface area contributed by atoms with Crippen LogP contribution in [0.25, 0.3) is 0 Å². The molecule has 0 spiro atoms. The molecule has 2 aliphatic rings. The van der Waals surface area contributed by atoms with Crippen LogP contribution in [0.1, 0.15) is 19.3 Å². The van der Waals surface area contributed by atoms with E-state index in [1.807, 2.05) is 0 Å². The summed E-state index contributed by atoms with van der Waals surface area (Å²) >= 11 is 0. The monoisotopic (exact) mass is 197 g/mol. The zero-order valence-corrected chi connectivity index (χ0v) is 7.89. The molecule has 0 radical (unpaired) electrons. The van der Waals surface area contributed by atoms with Crippen LogP contribution in [0.2, 0.25) is 0 Å². The van der Waals surface area contributed by atoms with E-state index < -0.39 is 0 Å². The highest BCUT2D eigenvalue weighted by atomic mass is 16.5. The lowest BCUT2D eigenvalue weighted by Gasteiger charge is -2.13. The second-order valence-electron chi connectivity index (χ2n) is 3.70. The summed E-state index contributed by atoms with van der Waals surface area (Å²) in [5.41, 5.74) is 15.9. The summed E-state index contributed by atoms with van der Waals surface area (Å²) < 4.78 is 5.62. The Morgan fingerprint density at radius 2 is 2.00 bits per heavy atom. The molecule has 78 valence electrons. The van der Waals surface area contributed by atoms with Crippen LogP contribution in [0.15, 0.2) is 9.98 Å². The molecule has 2 bridgehead atoms. The van der Waals surface area contributed by atoms with Crippen molar-refractivity contribution < 1.29 is 4.74 Å². The molecule has 0 aromatic heterocycles. The first kappa shape index (κ1) is 9.26. The average Bonchev–Trinajstić information content (AvgIpc) is 2.62. The molecule has 2 aliphatic heterocycles. The number of guanidine groups is 2. The third kappa shape index (κ3) is 1.79. The van der Waals surface area contributed by atoms with E-state index in [0.29, 0.717) is 6.10 Å². The zero-order valence-electron chi connectivity index (χ0n) is 7.89. The standard InChI is InChI=1S/C8H15N5O/c9-7(10)13-8(11)12-5-3-4-1-2-6(5)14-4/h4-6H,1-3H2,(H6,9,10,11,12,13). The second kappa shape index (κ2) is 3.45. The Morgan fingerprint density at radius 3 is 2.50 bits per heavy atom. The largest absolute Gasteiger partial charge is 0.373 e. The van der Waals surface area contributed by atoms with Crippen molar-refractivity contribution in [2.75, 3.05) is 0 Å². The lowest BCUT2D eigenvalue weighted by molar-refractivity contribution is 0.101. The van der Waals surface area contributed by atoms with Gasteiger partial charge in [0.25, 0.3) is 0 Å². The third-order valence-electron chi connectivity index (χ3n) is 2.62. The maximum Gasteiger partial charge on any atom is 0.218 e. The fourth-order valence-corrected chi connectivity index (χ4v) is 2.08. The van der Waals surface area contributed by atoms with Crippen LogP contribution < -0.4 is 17.2 Å². The molecule has 3 atom stereocenters. The molecule has 0 saturated carbocycles. The van der Waals surface area contributed by atoms with E-state index in [1.54, 1.807) is 0 Å². The van der Waals surface area contributed by atoms with Gasteiger partial charge in [-0.15, -0.1) is 0 Å². The quantitative estimate of drug-likeness (QED) is 0.365. The number of aliphatic imine (C=N–C) groups is 2. The summed E-state index contributed by atoms with van der Waals surface area (Å²) in [6, 6.07) is 0.136. The van der Waals surface area contributed by atoms with E-state index in [0.717, 1.165) is 19.3 Å². The van der Waals surface area contributed by atoms with E-state index in [9.17, 15) is 0 Å². The van der Waals surface area contributed by atoms with E-state index >= 15 is 0 Å². The van der Waals surface area contributed by atoms with Gasteiger partial charge in [0.1, 0.15) is 0 Å². The zero-order chi connectivity index (χ0) is 10.1. The molecule has 6 N–H and O–H groups in total. The minimum absolute atomic E-state index is 0.0599. The molecule has 6 nitrogen and oxygen atoms in total. The normalized spacial score (nSPS) is 36.0. The Hall–Kier alpha value is -1.30. The van der Waals surface area contributed by atoms with Crippen LogP contribution in [0.5, 0.6) is 0 Å². The predicted octanol–water partition coefficient (Wildman–Crippen LogP) is -1.11. The maximum atomic E-state index is 5.62. The van der Waals surface area contributed by atoms with Gasteiger partial charge in [0.15, 0.2) is 5.96 Å². The van der Waals surface area contributed by atoms with Crippen molar-refractivity contribution in [1.29, 1.82) is 0 Å². The van der Waals surface area contributed by atoms with Crippen LogP contribution in [0, 0.1) is 0 Å². The number of rotatable bonds is 1. The molecule has 0 aromatic carbocycles. The van der Waals surface area contributed by atoms with Crippen molar-refractivity contribution in [3.05, 3.63) is 0 Å². The van der Waals surface area contributed by atoms with Gasteiger partial charge in [0.05, 0.1) is 18.2 Å². The first-order valence-corrected chi connectivity index (χ1v) is 4.73. The van der Waals surface area contributed by atoms with Gasteiger partial charge in [0, 0.05) is 0 Å². The van der Waals surface area contributed by atoms with Crippen molar-refractivity contribution in [2.45, 2.75) is 37.5 Å². The number of hydrogen-bond acceptors (Lipinski definition) is 2. The molecule has 6 heteroatoms. The van der Waals surface area contributed by atoms with E-state index in [1.165, 1.54) is 0 Å². The second-order valence-corrected chi connectivity index (χ2v) is 3.70. The number of fused-ring (bicyclic) bond motifs is 2. The Bertz CT molecular complexity index is 283. The van der Waals surface area contributed by atoms with E-state index in [4.69, 9.17) is 21.9 Å². The molecule has 0 aromatic rings. The van der Waals surface area contributed by atoms with Gasteiger partial charge in [-0.25, -0.2) is 4.99 Å². The smallest absolute Gasteiger partial charge is 0.218 e. The van der Waals surface area contributed by atoms with Crippen LogP contribution in [0.4, 0.5) is 0 Å². The van der Waals surface area contributed by atoms with Gasteiger partial charge in [-0.05, 0) is 19.3 Å². The van der Waals surface area contributed by atoms with Crippen LogP contribution in [0.3, 0.4) is 0 Å². The number of ether oxygens (including phenoxy) is 1. The average molecular weight is 197 g/mol. The minimum Gasteiger partial charge on any atom is -0.373 e. The Morgan fingerprint density at radius 1 is 1.21 bits per heavy atom. The van der Waals surface area contributed by atoms with Crippen molar-refractivity contribution in [2.24, 2.45) is 27.2 Å². The fraction of sp³-hybridized carbons (Fsp3) is 0.750. The van der Waals surface area contributed by atoms with Crippen molar-refractivity contribution in [3.8, 4) is 0 Å². The van der Waals surface area contributed by atoms with Crippen molar-refractivity contribution in [1.82, 2.24) is 0 Å². The minimum atomic E-state index is -0.0599.